The SMILES string of the molecule is Nc1ccc(C(=O)NC(C(=O)O)c2cccs2)cc1Cl. The topological polar surface area (TPSA) is 92.4 Å². The van der Waals surface area contributed by atoms with Gasteiger partial charge in [-0.2, -0.15) is 0 Å². The van der Waals surface area contributed by atoms with Gasteiger partial charge in [0.25, 0.3) is 5.91 Å². The van der Waals surface area contributed by atoms with Crippen LogP contribution in [0.15, 0.2) is 35.7 Å². The minimum atomic E-state index is -1.12. The summed E-state index contributed by atoms with van der Waals surface area (Å²) in [6.45, 7) is 0. The third-order valence-corrected chi connectivity index (χ3v) is 3.88. The van der Waals surface area contributed by atoms with Gasteiger partial charge in [0.1, 0.15) is 0 Å². The highest BCUT2D eigenvalue weighted by Crippen LogP contribution is 2.22. The van der Waals surface area contributed by atoms with Crippen molar-refractivity contribution in [2.24, 2.45) is 0 Å². The van der Waals surface area contributed by atoms with Gasteiger partial charge in [-0.25, -0.2) is 4.79 Å². The number of nitrogen functional groups attached to an aromatic ring is 1. The van der Waals surface area contributed by atoms with Crippen molar-refractivity contribution >= 4 is 40.5 Å². The van der Waals surface area contributed by atoms with Crippen molar-refractivity contribution in [3.63, 3.8) is 0 Å². The first kappa shape index (κ1) is 14.4. The average Bonchev–Trinajstić information content (AvgIpc) is 2.92. The fourth-order valence-electron chi connectivity index (χ4n) is 1.59. The van der Waals surface area contributed by atoms with E-state index in [0.717, 1.165) is 0 Å². The van der Waals surface area contributed by atoms with Crippen molar-refractivity contribution in [2.45, 2.75) is 6.04 Å². The maximum atomic E-state index is 12.0. The Morgan fingerprint density at radius 2 is 2.10 bits per heavy atom. The highest BCUT2D eigenvalue weighted by Gasteiger charge is 2.23. The van der Waals surface area contributed by atoms with E-state index in [4.69, 9.17) is 17.3 Å². The molecule has 1 amide bonds. The van der Waals surface area contributed by atoms with Crippen molar-refractivity contribution in [2.75, 3.05) is 5.73 Å². The molecule has 0 saturated heterocycles. The van der Waals surface area contributed by atoms with Gasteiger partial charge in [-0.3, -0.25) is 4.79 Å². The van der Waals surface area contributed by atoms with E-state index in [1.54, 1.807) is 17.5 Å². The Morgan fingerprint density at radius 3 is 2.65 bits per heavy atom. The molecule has 0 spiro atoms. The van der Waals surface area contributed by atoms with Gasteiger partial charge in [0, 0.05) is 10.4 Å². The first-order valence-corrected chi connectivity index (χ1v) is 6.87. The molecule has 1 aromatic carbocycles. The van der Waals surface area contributed by atoms with E-state index in [-0.39, 0.29) is 10.6 Å². The van der Waals surface area contributed by atoms with Crippen molar-refractivity contribution in [1.82, 2.24) is 5.32 Å². The normalized spacial score (nSPS) is 11.8. The summed E-state index contributed by atoms with van der Waals surface area (Å²) >= 11 is 7.10. The summed E-state index contributed by atoms with van der Waals surface area (Å²) in [6.07, 6.45) is 0. The molecule has 2 aromatic rings. The summed E-state index contributed by atoms with van der Waals surface area (Å²) in [5.41, 5.74) is 6.17. The number of carbonyl (C=O) groups is 2. The maximum absolute atomic E-state index is 12.0. The fourth-order valence-corrected chi connectivity index (χ4v) is 2.54. The standard InChI is InChI=1S/C13H11ClN2O3S/c14-8-6-7(3-4-9(8)15)12(17)16-11(13(18)19)10-2-1-5-20-10/h1-6,11H,15H2,(H,16,17)(H,18,19). The van der Waals surface area contributed by atoms with Crippen LogP contribution >= 0.6 is 22.9 Å². The molecule has 1 unspecified atom stereocenters. The number of halogens is 1. The third-order valence-electron chi connectivity index (χ3n) is 2.61. The third kappa shape index (κ3) is 3.09. The number of aliphatic carboxylic acids is 1. The van der Waals surface area contributed by atoms with Crippen molar-refractivity contribution < 1.29 is 14.7 Å². The summed E-state index contributed by atoms with van der Waals surface area (Å²) in [7, 11) is 0. The lowest BCUT2D eigenvalue weighted by molar-refractivity contribution is -0.139. The van der Waals surface area contributed by atoms with Gasteiger partial charge < -0.3 is 16.2 Å². The summed E-state index contributed by atoms with van der Waals surface area (Å²) in [5.74, 6) is -1.64. The zero-order chi connectivity index (χ0) is 14.7. The minimum absolute atomic E-state index is 0.251. The number of benzene rings is 1. The average molecular weight is 311 g/mol. The van der Waals surface area contributed by atoms with E-state index in [1.807, 2.05) is 0 Å². The summed E-state index contributed by atoms with van der Waals surface area (Å²) in [4.78, 5) is 23.8. The number of amides is 1. The van der Waals surface area contributed by atoms with Crippen molar-refractivity contribution in [1.29, 1.82) is 0 Å². The highest BCUT2D eigenvalue weighted by molar-refractivity contribution is 7.10. The molecule has 4 N–H and O–H groups in total. The largest absolute Gasteiger partial charge is 0.479 e. The molecule has 7 heteroatoms. The predicted molar refractivity (Wildman–Crippen MR) is 78.0 cm³/mol. The second-order valence-corrected chi connectivity index (χ2v) is 5.38. The Balaban J connectivity index is 2.20. The molecule has 1 atom stereocenters. The molecule has 0 bridgehead atoms. The van der Waals surface area contributed by atoms with E-state index in [0.29, 0.717) is 10.6 Å². The van der Waals surface area contributed by atoms with Gasteiger partial charge in [-0.05, 0) is 29.6 Å². The van der Waals surface area contributed by atoms with E-state index < -0.39 is 17.9 Å². The Kier molecular flexibility index (Phi) is 4.26. The zero-order valence-electron chi connectivity index (χ0n) is 10.2. The van der Waals surface area contributed by atoms with E-state index >= 15 is 0 Å². The van der Waals surface area contributed by atoms with Crippen LogP contribution in [-0.4, -0.2) is 17.0 Å². The number of hydrogen-bond acceptors (Lipinski definition) is 4. The minimum Gasteiger partial charge on any atom is -0.479 e. The molecule has 0 fully saturated rings. The monoisotopic (exact) mass is 310 g/mol. The van der Waals surface area contributed by atoms with Gasteiger partial charge in [-0.15, -0.1) is 11.3 Å². The van der Waals surface area contributed by atoms with Gasteiger partial charge in [0.05, 0.1) is 10.7 Å². The van der Waals surface area contributed by atoms with Crippen LogP contribution in [0.5, 0.6) is 0 Å². The number of carboxylic acids is 1. The lowest BCUT2D eigenvalue weighted by Gasteiger charge is -2.13. The molecule has 2 rings (SSSR count). The van der Waals surface area contributed by atoms with Crippen LogP contribution in [0.3, 0.4) is 0 Å². The number of nitrogens with two attached hydrogens (primary N) is 1. The molecule has 0 aliphatic carbocycles. The summed E-state index contributed by atoms with van der Waals surface area (Å²) in [6, 6.07) is 6.68. The Hall–Kier alpha value is -2.05. The van der Waals surface area contributed by atoms with Gasteiger partial charge in [-0.1, -0.05) is 17.7 Å². The highest BCUT2D eigenvalue weighted by atomic mass is 35.5. The smallest absolute Gasteiger partial charge is 0.331 e. The number of hydrogen-bond donors (Lipinski definition) is 3. The van der Waals surface area contributed by atoms with Crippen LogP contribution < -0.4 is 11.1 Å². The van der Waals surface area contributed by atoms with Crippen LogP contribution in [0.1, 0.15) is 21.3 Å². The molecule has 1 aromatic heterocycles. The van der Waals surface area contributed by atoms with Gasteiger partial charge in [0.15, 0.2) is 6.04 Å². The van der Waals surface area contributed by atoms with Crippen LogP contribution in [0.25, 0.3) is 0 Å². The number of thiophene rings is 1. The Bertz CT molecular complexity index is 643. The molecule has 0 radical (unpaired) electrons. The molecule has 104 valence electrons. The zero-order valence-corrected chi connectivity index (χ0v) is 11.7. The number of nitrogens with one attached hydrogen (secondary N) is 1. The lowest BCUT2D eigenvalue weighted by Crippen LogP contribution is -2.33. The Labute approximate surface area is 124 Å². The van der Waals surface area contributed by atoms with Crippen LogP contribution in [-0.2, 0) is 4.79 Å². The molecule has 0 aliphatic heterocycles. The molecule has 20 heavy (non-hydrogen) atoms. The van der Waals surface area contributed by atoms with E-state index in [2.05, 4.69) is 5.32 Å². The molecule has 1 heterocycles. The number of anilines is 1. The molecular formula is C13H11ClN2O3S. The van der Waals surface area contributed by atoms with E-state index in [9.17, 15) is 14.7 Å². The first-order valence-electron chi connectivity index (χ1n) is 5.61. The van der Waals surface area contributed by atoms with Crippen molar-refractivity contribution in [3.05, 3.63) is 51.2 Å². The number of carbonyl (C=O) groups excluding carboxylic acids is 1. The first-order chi connectivity index (χ1) is 9.49. The summed E-state index contributed by atoms with van der Waals surface area (Å²) < 4.78 is 0. The molecular weight excluding hydrogens is 300 g/mol. The molecule has 0 saturated carbocycles. The van der Waals surface area contributed by atoms with Crippen molar-refractivity contribution in [3.8, 4) is 0 Å². The summed E-state index contributed by atoms with van der Waals surface area (Å²) in [5, 5.41) is 13.6. The predicted octanol–water partition coefficient (Wildman–Crippen LogP) is 2.54. The maximum Gasteiger partial charge on any atom is 0.331 e. The second-order valence-electron chi connectivity index (χ2n) is 4.00. The lowest BCUT2D eigenvalue weighted by atomic mass is 10.1. The molecule has 5 nitrogen and oxygen atoms in total. The quantitative estimate of drug-likeness (QED) is 0.757. The van der Waals surface area contributed by atoms with Crippen LogP contribution in [0.2, 0.25) is 5.02 Å². The van der Waals surface area contributed by atoms with Gasteiger partial charge in [0.2, 0.25) is 0 Å². The number of carboxylic acid groups (broad SMARTS) is 1. The van der Waals surface area contributed by atoms with Crippen LogP contribution in [0, 0.1) is 0 Å². The van der Waals surface area contributed by atoms with Crippen LogP contribution in [0.4, 0.5) is 5.69 Å². The fraction of sp³-hybridized carbons (Fsp3) is 0.0769. The second kappa shape index (κ2) is 5.94. The number of rotatable bonds is 4. The molecule has 0 aliphatic rings. The Morgan fingerprint density at radius 1 is 1.35 bits per heavy atom. The van der Waals surface area contributed by atoms with E-state index in [1.165, 1.54) is 29.5 Å². The van der Waals surface area contributed by atoms with Gasteiger partial charge >= 0.3 is 5.97 Å².